The van der Waals surface area contributed by atoms with Crippen molar-refractivity contribution in [2.75, 3.05) is 13.9 Å². The molecular weight excluding hydrogens is 432 g/mol. The lowest BCUT2D eigenvalue weighted by molar-refractivity contribution is -0.185. The molecule has 0 fully saturated rings. The third kappa shape index (κ3) is 3.38. The normalized spacial score (nSPS) is 19.3. The van der Waals surface area contributed by atoms with Gasteiger partial charge in [0, 0.05) is 22.6 Å². The lowest BCUT2D eigenvalue weighted by Crippen LogP contribution is -2.29. The van der Waals surface area contributed by atoms with Crippen LogP contribution in [0.1, 0.15) is 16.7 Å². The maximum atomic E-state index is 13.1. The third-order valence-electron chi connectivity index (χ3n) is 5.62. The molecule has 162 valence electrons. The summed E-state index contributed by atoms with van der Waals surface area (Å²) in [5, 5.41) is 12.2. The number of rotatable bonds is 5. The van der Waals surface area contributed by atoms with E-state index in [1.165, 1.54) is 0 Å². The van der Waals surface area contributed by atoms with Gasteiger partial charge in [0.05, 0.1) is 12.7 Å². The minimum Gasteiger partial charge on any atom is -0.497 e. The van der Waals surface area contributed by atoms with Gasteiger partial charge in [-0.1, -0.05) is 35.9 Å². The lowest BCUT2D eigenvalue weighted by Gasteiger charge is -2.26. The third-order valence-corrected chi connectivity index (χ3v) is 5.99. The van der Waals surface area contributed by atoms with Crippen molar-refractivity contribution in [3.05, 3.63) is 94.0 Å². The van der Waals surface area contributed by atoms with Crippen LogP contribution in [0.15, 0.2) is 72.3 Å². The standard InChI is InChI=1S/C25H19ClO6/c1-29-18-9-7-17(8-10-18)25(28)19(12-15-4-2-3-5-20(15)26)23(24(27)32-25)16-6-11-21-22(13-16)31-14-30-21/h2-11,13,28H,12,14H2,1H3. The number of cyclic esters (lactones) is 1. The van der Waals surface area contributed by atoms with Crippen molar-refractivity contribution in [2.24, 2.45) is 0 Å². The van der Waals surface area contributed by atoms with E-state index in [2.05, 4.69) is 0 Å². The van der Waals surface area contributed by atoms with E-state index in [9.17, 15) is 9.90 Å². The molecule has 1 unspecified atom stereocenters. The maximum Gasteiger partial charge on any atom is 0.342 e. The van der Waals surface area contributed by atoms with Gasteiger partial charge in [-0.2, -0.15) is 0 Å². The van der Waals surface area contributed by atoms with Gasteiger partial charge in [-0.25, -0.2) is 4.79 Å². The van der Waals surface area contributed by atoms with Crippen LogP contribution in [0, 0.1) is 0 Å². The van der Waals surface area contributed by atoms with Crippen molar-refractivity contribution < 1.29 is 28.8 Å². The summed E-state index contributed by atoms with van der Waals surface area (Å²) >= 11 is 6.41. The quantitative estimate of drug-likeness (QED) is 0.578. The molecule has 0 amide bonds. The predicted octanol–water partition coefficient (Wildman–Crippen LogP) is 4.48. The van der Waals surface area contributed by atoms with E-state index >= 15 is 0 Å². The highest BCUT2D eigenvalue weighted by Gasteiger charge is 2.48. The van der Waals surface area contributed by atoms with Crippen LogP contribution < -0.4 is 14.2 Å². The first-order valence-corrected chi connectivity index (χ1v) is 10.3. The summed E-state index contributed by atoms with van der Waals surface area (Å²) in [5.74, 6) is -0.856. The van der Waals surface area contributed by atoms with Gasteiger partial charge in [-0.15, -0.1) is 0 Å². The van der Waals surface area contributed by atoms with Crippen molar-refractivity contribution in [3.63, 3.8) is 0 Å². The Kier molecular flexibility index (Phi) is 5.04. The van der Waals surface area contributed by atoms with Crippen LogP contribution >= 0.6 is 11.6 Å². The smallest absolute Gasteiger partial charge is 0.342 e. The van der Waals surface area contributed by atoms with Gasteiger partial charge in [0.2, 0.25) is 6.79 Å². The molecule has 3 aromatic rings. The van der Waals surface area contributed by atoms with Gasteiger partial charge in [-0.3, -0.25) is 0 Å². The molecule has 6 nitrogen and oxygen atoms in total. The van der Waals surface area contributed by atoms with E-state index in [0.29, 0.717) is 39.0 Å². The fourth-order valence-corrected chi connectivity index (χ4v) is 4.18. The largest absolute Gasteiger partial charge is 0.497 e. The molecule has 0 saturated heterocycles. The predicted molar refractivity (Wildman–Crippen MR) is 118 cm³/mol. The molecule has 0 bridgehead atoms. The van der Waals surface area contributed by atoms with Crippen molar-refractivity contribution in [1.82, 2.24) is 0 Å². The molecule has 1 atom stereocenters. The molecule has 5 rings (SSSR count). The van der Waals surface area contributed by atoms with Crippen LogP contribution in [0.25, 0.3) is 5.57 Å². The first-order chi connectivity index (χ1) is 15.5. The fourth-order valence-electron chi connectivity index (χ4n) is 3.97. The number of methoxy groups -OCH3 is 1. The molecule has 0 saturated carbocycles. The Morgan fingerprint density at radius 1 is 1.03 bits per heavy atom. The number of carbonyl (C=O) groups is 1. The van der Waals surface area contributed by atoms with Crippen LogP contribution in [0.3, 0.4) is 0 Å². The Balaban J connectivity index is 1.68. The van der Waals surface area contributed by atoms with Crippen LogP contribution in [0.4, 0.5) is 0 Å². The number of fused-ring (bicyclic) bond motifs is 1. The molecule has 2 aliphatic rings. The van der Waals surface area contributed by atoms with Crippen molar-refractivity contribution in [1.29, 1.82) is 0 Å². The topological polar surface area (TPSA) is 74.2 Å². The number of benzene rings is 3. The number of hydrogen-bond acceptors (Lipinski definition) is 6. The van der Waals surface area contributed by atoms with Gasteiger partial charge in [0.15, 0.2) is 11.5 Å². The number of hydrogen-bond donors (Lipinski definition) is 1. The molecular formula is C25H19ClO6. The van der Waals surface area contributed by atoms with Gasteiger partial charge >= 0.3 is 5.97 Å². The summed E-state index contributed by atoms with van der Waals surface area (Å²) in [5.41, 5.74) is 2.38. The summed E-state index contributed by atoms with van der Waals surface area (Å²) in [6, 6.07) is 19.2. The van der Waals surface area contributed by atoms with Crippen molar-refractivity contribution in [3.8, 4) is 17.2 Å². The van der Waals surface area contributed by atoms with Crippen molar-refractivity contribution >= 4 is 23.1 Å². The molecule has 32 heavy (non-hydrogen) atoms. The van der Waals surface area contributed by atoms with E-state index in [1.54, 1.807) is 55.6 Å². The second kappa shape index (κ2) is 7.89. The average Bonchev–Trinajstić information content (AvgIpc) is 3.37. The number of carbonyl (C=O) groups excluding carboxylic acids is 1. The minimum atomic E-state index is -1.96. The Bertz CT molecular complexity index is 1230. The Labute approximate surface area is 189 Å². The van der Waals surface area contributed by atoms with Crippen LogP contribution in [-0.4, -0.2) is 25.0 Å². The Morgan fingerprint density at radius 2 is 1.78 bits per heavy atom. The fraction of sp³-hybridized carbons (Fsp3) is 0.160. The van der Waals surface area contributed by atoms with Crippen LogP contribution in [0.5, 0.6) is 17.2 Å². The Hall–Kier alpha value is -3.48. The highest BCUT2D eigenvalue weighted by Crippen LogP contribution is 2.46. The molecule has 0 radical (unpaired) electrons. The number of ether oxygens (including phenoxy) is 4. The van der Waals surface area contributed by atoms with Gasteiger partial charge in [-0.05, 0) is 53.6 Å². The summed E-state index contributed by atoms with van der Waals surface area (Å²) in [6.45, 7) is 0.116. The maximum absolute atomic E-state index is 13.1. The highest BCUT2D eigenvalue weighted by molar-refractivity contribution is 6.31. The zero-order valence-electron chi connectivity index (χ0n) is 17.1. The summed E-state index contributed by atoms with van der Waals surface area (Å²) in [6.07, 6.45) is 0.206. The summed E-state index contributed by atoms with van der Waals surface area (Å²) < 4.78 is 21.7. The Morgan fingerprint density at radius 3 is 2.53 bits per heavy atom. The van der Waals surface area contributed by atoms with Gasteiger partial charge in [0.1, 0.15) is 5.75 Å². The molecule has 7 heteroatoms. The molecule has 2 aliphatic heterocycles. The van der Waals surface area contributed by atoms with E-state index in [1.807, 2.05) is 18.2 Å². The average molecular weight is 451 g/mol. The van der Waals surface area contributed by atoms with E-state index < -0.39 is 11.8 Å². The molecule has 0 aromatic heterocycles. The van der Waals surface area contributed by atoms with E-state index in [0.717, 1.165) is 5.56 Å². The van der Waals surface area contributed by atoms with Gasteiger partial charge in [0.25, 0.3) is 5.79 Å². The second-order valence-electron chi connectivity index (χ2n) is 7.45. The zero-order chi connectivity index (χ0) is 22.3. The number of esters is 1. The zero-order valence-corrected chi connectivity index (χ0v) is 17.9. The first-order valence-electron chi connectivity index (χ1n) is 9.97. The monoisotopic (exact) mass is 450 g/mol. The number of halogens is 1. The molecule has 1 N–H and O–H groups in total. The molecule has 2 heterocycles. The second-order valence-corrected chi connectivity index (χ2v) is 7.86. The highest BCUT2D eigenvalue weighted by atomic mass is 35.5. The van der Waals surface area contributed by atoms with Gasteiger partial charge < -0.3 is 24.1 Å². The minimum absolute atomic E-state index is 0.116. The van der Waals surface area contributed by atoms with E-state index in [-0.39, 0.29) is 18.8 Å². The molecule has 3 aromatic carbocycles. The lowest BCUT2D eigenvalue weighted by atomic mass is 9.88. The molecule has 0 aliphatic carbocycles. The van der Waals surface area contributed by atoms with E-state index in [4.69, 9.17) is 30.5 Å². The van der Waals surface area contributed by atoms with Crippen LogP contribution in [-0.2, 0) is 21.7 Å². The molecule has 0 spiro atoms. The SMILES string of the molecule is COc1ccc(C2(O)OC(=O)C(c3ccc4c(c3)OCO4)=C2Cc2ccccc2Cl)cc1. The first kappa shape index (κ1) is 20.4. The van der Waals surface area contributed by atoms with Crippen LogP contribution in [0.2, 0.25) is 5.02 Å². The summed E-state index contributed by atoms with van der Waals surface area (Å²) in [7, 11) is 1.56. The number of aliphatic hydroxyl groups is 1. The summed E-state index contributed by atoms with van der Waals surface area (Å²) in [4.78, 5) is 13.1. The van der Waals surface area contributed by atoms with Crippen molar-refractivity contribution in [2.45, 2.75) is 12.2 Å².